The van der Waals surface area contributed by atoms with E-state index in [0.29, 0.717) is 17.8 Å². The van der Waals surface area contributed by atoms with Gasteiger partial charge in [0.2, 0.25) is 0 Å². The number of carbonyl (C=O) groups is 1. The van der Waals surface area contributed by atoms with Crippen molar-refractivity contribution in [3.63, 3.8) is 0 Å². The highest BCUT2D eigenvalue weighted by Gasteiger charge is 2.51. The summed E-state index contributed by atoms with van der Waals surface area (Å²) in [6, 6.07) is 0. The van der Waals surface area contributed by atoms with E-state index in [-0.39, 0.29) is 5.97 Å². The molecule has 0 saturated heterocycles. The number of thioether (sulfide) groups is 1. The number of hydrogen-bond acceptors (Lipinski definition) is 4. The number of carbonyl (C=O) groups excluding carboxylic acids is 1. The molecule has 1 N–H and O–H groups in total. The zero-order valence-corrected chi connectivity index (χ0v) is 11.5. The fourth-order valence-electron chi connectivity index (χ4n) is 1.86. The average Bonchev–Trinajstić information content (AvgIpc) is 3.04. The van der Waals surface area contributed by atoms with Crippen molar-refractivity contribution >= 4 is 17.7 Å². The van der Waals surface area contributed by atoms with Crippen LogP contribution >= 0.6 is 11.8 Å². The monoisotopic (exact) mass is 245 g/mol. The molecule has 1 fully saturated rings. The maximum absolute atomic E-state index is 12.1. The minimum absolute atomic E-state index is 0.0758. The lowest BCUT2D eigenvalue weighted by molar-refractivity contribution is -0.150. The number of esters is 1. The van der Waals surface area contributed by atoms with Crippen LogP contribution in [0.2, 0.25) is 0 Å². The summed E-state index contributed by atoms with van der Waals surface area (Å²) in [5.74, 6) is 1.20. The van der Waals surface area contributed by atoms with Crippen molar-refractivity contribution in [1.82, 2.24) is 5.32 Å². The Bertz CT molecular complexity index is 241. The van der Waals surface area contributed by atoms with Crippen LogP contribution < -0.4 is 5.32 Å². The molecule has 1 rings (SSSR count). The van der Waals surface area contributed by atoms with Crippen molar-refractivity contribution in [3.8, 4) is 0 Å². The lowest BCUT2D eigenvalue weighted by Crippen LogP contribution is -2.55. The molecule has 1 saturated carbocycles. The van der Waals surface area contributed by atoms with E-state index in [1.54, 1.807) is 0 Å². The molecule has 4 heteroatoms. The Hall–Kier alpha value is -0.220. The Balaban J connectivity index is 2.69. The summed E-state index contributed by atoms with van der Waals surface area (Å²) in [6.07, 6.45) is 2.27. The van der Waals surface area contributed by atoms with Crippen LogP contribution in [0.5, 0.6) is 0 Å². The van der Waals surface area contributed by atoms with Gasteiger partial charge in [-0.05, 0) is 38.0 Å². The van der Waals surface area contributed by atoms with Crippen molar-refractivity contribution in [2.24, 2.45) is 5.92 Å². The van der Waals surface area contributed by atoms with Crippen molar-refractivity contribution in [3.05, 3.63) is 0 Å². The molecular formula is C12H23NO2S. The number of nitrogens with one attached hydrogen (secondary N) is 1. The van der Waals surface area contributed by atoms with E-state index in [2.05, 4.69) is 19.2 Å². The Kier molecular flexibility index (Phi) is 5.12. The molecular weight excluding hydrogens is 222 g/mol. The predicted octanol–water partition coefficient (Wildman–Crippen LogP) is 2.06. The third-order valence-corrected chi connectivity index (χ3v) is 4.29. The smallest absolute Gasteiger partial charge is 0.327 e. The molecule has 1 unspecified atom stereocenters. The van der Waals surface area contributed by atoms with Crippen molar-refractivity contribution < 1.29 is 9.53 Å². The van der Waals surface area contributed by atoms with Crippen molar-refractivity contribution in [2.75, 3.05) is 19.4 Å². The maximum atomic E-state index is 12.1. The van der Waals surface area contributed by atoms with Crippen LogP contribution in [-0.2, 0) is 9.53 Å². The Morgan fingerprint density at radius 3 is 2.56 bits per heavy atom. The number of hydrogen-bond donors (Lipinski definition) is 1. The lowest BCUT2D eigenvalue weighted by atomic mass is 9.96. The second-order valence-electron chi connectivity index (χ2n) is 4.58. The van der Waals surface area contributed by atoms with Crippen molar-refractivity contribution in [2.45, 2.75) is 44.4 Å². The topological polar surface area (TPSA) is 38.3 Å². The molecule has 0 aromatic heterocycles. The third-order valence-electron chi connectivity index (χ3n) is 3.00. The van der Waals surface area contributed by atoms with Crippen LogP contribution in [0.4, 0.5) is 0 Å². The van der Waals surface area contributed by atoms with Gasteiger partial charge in [0, 0.05) is 5.75 Å². The number of rotatable bonds is 7. The summed E-state index contributed by atoms with van der Waals surface area (Å²) in [6.45, 7) is 6.63. The first kappa shape index (κ1) is 13.8. The molecule has 1 aliphatic rings. The van der Waals surface area contributed by atoms with Gasteiger partial charge in [-0.1, -0.05) is 13.8 Å². The summed E-state index contributed by atoms with van der Waals surface area (Å²) in [5.41, 5.74) is -0.453. The largest absolute Gasteiger partial charge is 0.465 e. The SMILES string of the molecule is CCOC(=O)C(CSC(C)C)(NC)C1CC1. The Morgan fingerprint density at radius 1 is 1.56 bits per heavy atom. The summed E-state index contributed by atoms with van der Waals surface area (Å²) in [7, 11) is 1.87. The molecule has 94 valence electrons. The molecule has 1 atom stereocenters. The molecule has 1 aliphatic carbocycles. The highest BCUT2D eigenvalue weighted by Crippen LogP contribution is 2.42. The summed E-state index contributed by atoms with van der Waals surface area (Å²) < 4.78 is 5.22. The molecule has 0 aliphatic heterocycles. The predicted molar refractivity (Wildman–Crippen MR) is 68.7 cm³/mol. The van der Waals surface area contributed by atoms with Gasteiger partial charge in [-0.25, -0.2) is 0 Å². The molecule has 0 aromatic carbocycles. The lowest BCUT2D eigenvalue weighted by Gasteiger charge is -2.31. The second-order valence-corrected chi connectivity index (χ2v) is 6.14. The molecule has 0 heterocycles. The quantitative estimate of drug-likeness (QED) is 0.697. The van der Waals surface area contributed by atoms with Gasteiger partial charge in [-0.2, -0.15) is 11.8 Å². The van der Waals surface area contributed by atoms with Gasteiger partial charge in [0.1, 0.15) is 5.54 Å². The van der Waals surface area contributed by atoms with E-state index < -0.39 is 5.54 Å². The number of likely N-dealkylation sites (N-methyl/N-ethyl adjacent to an activating group) is 1. The van der Waals surface area contributed by atoms with Gasteiger partial charge in [0.05, 0.1) is 6.61 Å². The molecule has 0 aromatic rings. The Morgan fingerprint density at radius 2 is 2.19 bits per heavy atom. The first-order valence-electron chi connectivity index (χ1n) is 6.04. The molecule has 0 spiro atoms. The van der Waals surface area contributed by atoms with Crippen LogP contribution in [-0.4, -0.2) is 36.2 Å². The fourth-order valence-corrected chi connectivity index (χ4v) is 2.95. The standard InChI is InChI=1S/C12H23NO2S/c1-5-15-11(14)12(13-4,10-6-7-10)8-16-9(2)3/h9-10,13H,5-8H2,1-4H3. The van der Waals surface area contributed by atoms with E-state index >= 15 is 0 Å². The normalized spacial score (nSPS) is 19.6. The van der Waals surface area contributed by atoms with Crippen LogP contribution in [0.25, 0.3) is 0 Å². The van der Waals surface area contributed by atoms with Crippen LogP contribution in [0, 0.1) is 5.92 Å². The first-order valence-corrected chi connectivity index (χ1v) is 7.09. The second kappa shape index (κ2) is 5.92. The van der Waals surface area contributed by atoms with Gasteiger partial charge < -0.3 is 10.1 Å². The van der Waals surface area contributed by atoms with Gasteiger partial charge in [0.25, 0.3) is 0 Å². The van der Waals surface area contributed by atoms with Crippen molar-refractivity contribution in [1.29, 1.82) is 0 Å². The average molecular weight is 245 g/mol. The van der Waals surface area contributed by atoms with Crippen LogP contribution in [0.1, 0.15) is 33.6 Å². The van der Waals surface area contributed by atoms with E-state index in [1.807, 2.05) is 25.7 Å². The van der Waals surface area contributed by atoms with Gasteiger partial charge in [0.15, 0.2) is 0 Å². The summed E-state index contributed by atoms with van der Waals surface area (Å²) >= 11 is 1.82. The van der Waals surface area contributed by atoms with E-state index in [4.69, 9.17) is 4.74 Å². The Labute approximate surface area is 103 Å². The van der Waals surface area contributed by atoms with Crippen LogP contribution in [0.15, 0.2) is 0 Å². The highest BCUT2D eigenvalue weighted by atomic mass is 32.2. The molecule has 0 bridgehead atoms. The van der Waals surface area contributed by atoms with Gasteiger partial charge >= 0.3 is 5.97 Å². The van der Waals surface area contributed by atoms with Crippen LogP contribution in [0.3, 0.4) is 0 Å². The molecule has 0 radical (unpaired) electrons. The minimum Gasteiger partial charge on any atom is -0.465 e. The zero-order chi connectivity index (χ0) is 12.2. The minimum atomic E-state index is -0.453. The van der Waals surface area contributed by atoms with Gasteiger partial charge in [-0.15, -0.1) is 0 Å². The van der Waals surface area contributed by atoms with E-state index in [1.165, 1.54) is 0 Å². The molecule has 0 amide bonds. The van der Waals surface area contributed by atoms with E-state index in [9.17, 15) is 4.79 Å². The fraction of sp³-hybridized carbons (Fsp3) is 0.917. The molecule has 3 nitrogen and oxygen atoms in total. The first-order chi connectivity index (χ1) is 7.56. The third kappa shape index (κ3) is 3.14. The van der Waals surface area contributed by atoms with E-state index in [0.717, 1.165) is 18.6 Å². The van der Waals surface area contributed by atoms with Gasteiger partial charge in [-0.3, -0.25) is 4.79 Å². The summed E-state index contributed by atoms with van der Waals surface area (Å²) in [4.78, 5) is 12.1. The highest BCUT2D eigenvalue weighted by molar-refractivity contribution is 7.99. The summed E-state index contributed by atoms with van der Waals surface area (Å²) in [5, 5.41) is 3.76. The zero-order valence-electron chi connectivity index (χ0n) is 10.7. The maximum Gasteiger partial charge on any atom is 0.327 e. The molecule has 16 heavy (non-hydrogen) atoms. The number of ether oxygens (including phenoxy) is 1.